The second-order valence-corrected chi connectivity index (χ2v) is 6.32. The van der Waals surface area contributed by atoms with Crippen molar-refractivity contribution in [2.75, 3.05) is 32.1 Å². The van der Waals surface area contributed by atoms with Crippen molar-refractivity contribution in [3.05, 3.63) is 29.3 Å². The number of amides is 2. The zero-order valence-electron chi connectivity index (χ0n) is 15.5. The number of aryl methyl sites for hydroxylation is 2. The smallest absolute Gasteiger partial charge is 0.326 e. The van der Waals surface area contributed by atoms with Crippen molar-refractivity contribution < 1.29 is 4.79 Å². The lowest BCUT2D eigenvalue weighted by Gasteiger charge is -2.29. The average molecular weight is 344 g/mol. The van der Waals surface area contributed by atoms with E-state index in [4.69, 9.17) is 5.73 Å². The lowest BCUT2D eigenvalue weighted by atomic mass is 10.1. The summed E-state index contributed by atoms with van der Waals surface area (Å²) in [6, 6.07) is 5.25. The van der Waals surface area contributed by atoms with Gasteiger partial charge in [-0.2, -0.15) is 0 Å². The summed E-state index contributed by atoms with van der Waals surface area (Å²) >= 11 is 0. The van der Waals surface area contributed by atoms with E-state index in [2.05, 4.69) is 15.3 Å². The topological polar surface area (TPSA) is 86.3 Å². The fourth-order valence-corrected chi connectivity index (χ4v) is 2.89. The first-order valence-electron chi connectivity index (χ1n) is 8.60. The van der Waals surface area contributed by atoms with Crippen LogP contribution in [0.1, 0.15) is 30.4 Å². The highest BCUT2D eigenvalue weighted by atomic mass is 16.2. The molecule has 1 heterocycles. The zero-order chi connectivity index (χ0) is 18.4. The maximum atomic E-state index is 12.2. The number of aliphatic imine (C=N–C) groups is 2. The van der Waals surface area contributed by atoms with Crippen LogP contribution in [0.2, 0.25) is 0 Å². The molecule has 0 radical (unpaired) electrons. The van der Waals surface area contributed by atoms with Gasteiger partial charge in [0.15, 0.2) is 0 Å². The van der Waals surface area contributed by atoms with Crippen LogP contribution in [0.4, 0.5) is 10.5 Å². The number of benzene rings is 1. The largest absolute Gasteiger partial charge is 0.351 e. The van der Waals surface area contributed by atoms with E-state index < -0.39 is 6.03 Å². The molecular weight excluding hydrogens is 316 g/mol. The van der Waals surface area contributed by atoms with Crippen LogP contribution >= 0.6 is 0 Å². The van der Waals surface area contributed by atoms with Gasteiger partial charge in [-0.25, -0.2) is 9.69 Å². The number of guanidine groups is 2. The summed E-state index contributed by atoms with van der Waals surface area (Å²) < 4.78 is 0. The first-order chi connectivity index (χ1) is 11.9. The van der Waals surface area contributed by atoms with Gasteiger partial charge in [-0.05, 0) is 44.7 Å². The van der Waals surface area contributed by atoms with Gasteiger partial charge >= 0.3 is 6.03 Å². The van der Waals surface area contributed by atoms with Crippen LogP contribution in [0, 0.1) is 13.8 Å². The molecule has 2 amide bonds. The number of rotatable bonds is 1. The van der Waals surface area contributed by atoms with Crippen molar-refractivity contribution in [1.82, 2.24) is 10.2 Å². The predicted molar refractivity (Wildman–Crippen MR) is 103 cm³/mol. The molecule has 0 saturated carbocycles. The molecule has 0 saturated heterocycles. The van der Waals surface area contributed by atoms with Crippen LogP contribution in [0.25, 0.3) is 0 Å². The highest BCUT2D eigenvalue weighted by Gasteiger charge is 2.23. The summed E-state index contributed by atoms with van der Waals surface area (Å²) in [7, 11) is 3.61. The lowest BCUT2D eigenvalue weighted by molar-refractivity contribution is 0.256. The van der Waals surface area contributed by atoms with Crippen LogP contribution in [0.15, 0.2) is 28.2 Å². The molecule has 25 heavy (non-hydrogen) atoms. The molecule has 0 unspecified atom stereocenters. The highest BCUT2D eigenvalue weighted by Crippen LogP contribution is 2.21. The molecule has 0 aromatic heterocycles. The van der Waals surface area contributed by atoms with Crippen molar-refractivity contribution in [1.29, 1.82) is 0 Å². The molecule has 1 aromatic carbocycles. The molecule has 7 nitrogen and oxygen atoms in total. The van der Waals surface area contributed by atoms with E-state index in [1.807, 2.05) is 44.0 Å². The fourth-order valence-electron chi connectivity index (χ4n) is 2.89. The van der Waals surface area contributed by atoms with Crippen LogP contribution in [-0.2, 0) is 0 Å². The number of carbonyl (C=O) groups excluding carboxylic acids is 1. The van der Waals surface area contributed by atoms with E-state index in [0.717, 1.165) is 37.1 Å². The Labute approximate surface area is 149 Å². The van der Waals surface area contributed by atoms with E-state index in [1.165, 1.54) is 11.3 Å². The molecule has 3 N–H and O–H groups in total. The van der Waals surface area contributed by atoms with Gasteiger partial charge in [0, 0.05) is 27.2 Å². The highest BCUT2D eigenvalue weighted by molar-refractivity contribution is 6.19. The molecule has 1 aliphatic heterocycles. The minimum absolute atomic E-state index is 0.366. The van der Waals surface area contributed by atoms with Gasteiger partial charge in [-0.3, -0.25) is 15.3 Å². The van der Waals surface area contributed by atoms with Gasteiger partial charge in [0.1, 0.15) is 0 Å². The minimum atomic E-state index is -0.589. The Morgan fingerprint density at radius 1 is 1.32 bits per heavy atom. The van der Waals surface area contributed by atoms with Crippen LogP contribution in [0.5, 0.6) is 0 Å². The number of urea groups is 1. The number of hydrogen-bond acceptors (Lipinski definition) is 4. The number of anilines is 1. The molecule has 0 atom stereocenters. The van der Waals surface area contributed by atoms with Gasteiger partial charge in [0.25, 0.3) is 0 Å². The summed E-state index contributed by atoms with van der Waals surface area (Å²) in [5.74, 6) is 1.07. The number of nitrogens with one attached hydrogen (secondary N) is 1. The van der Waals surface area contributed by atoms with Crippen molar-refractivity contribution >= 4 is 23.6 Å². The first-order valence-corrected chi connectivity index (χ1v) is 8.60. The molecule has 1 aromatic rings. The number of nitrogens with two attached hydrogens (primary N) is 1. The summed E-state index contributed by atoms with van der Waals surface area (Å²) in [6.45, 7) is 5.62. The Bertz CT molecular complexity index is 682. The standard InChI is InChI=1S/C18H28N6O/c1-13-8-9-15(14(2)12-13)24(16(19)25)17(20-3)22-18-21-10-6-5-7-11-23(18)4/h8-9,12H,5-7,10-11H2,1-4H3,(H2,19,25)(H,20,21,22). The van der Waals surface area contributed by atoms with Gasteiger partial charge in [-0.15, -0.1) is 0 Å². The Morgan fingerprint density at radius 2 is 2.08 bits per heavy atom. The van der Waals surface area contributed by atoms with E-state index in [0.29, 0.717) is 17.6 Å². The van der Waals surface area contributed by atoms with Crippen molar-refractivity contribution in [2.24, 2.45) is 15.7 Å². The van der Waals surface area contributed by atoms with E-state index in [1.54, 1.807) is 7.05 Å². The van der Waals surface area contributed by atoms with Gasteiger partial charge in [0.05, 0.1) is 5.69 Å². The van der Waals surface area contributed by atoms with E-state index in [9.17, 15) is 4.79 Å². The third-order valence-corrected chi connectivity index (χ3v) is 4.24. The average Bonchev–Trinajstić information content (AvgIpc) is 2.54. The van der Waals surface area contributed by atoms with Crippen molar-refractivity contribution in [3.63, 3.8) is 0 Å². The van der Waals surface area contributed by atoms with Crippen LogP contribution in [0.3, 0.4) is 0 Å². The fraction of sp³-hybridized carbons (Fsp3) is 0.500. The normalized spacial score (nSPS) is 15.9. The van der Waals surface area contributed by atoms with E-state index >= 15 is 0 Å². The van der Waals surface area contributed by atoms with Gasteiger partial charge in [-0.1, -0.05) is 17.7 Å². The summed E-state index contributed by atoms with van der Waals surface area (Å²) in [5.41, 5.74) is 8.45. The summed E-state index contributed by atoms with van der Waals surface area (Å²) in [4.78, 5) is 24.4. The number of carbonyl (C=O) groups is 1. The number of nitrogens with zero attached hydrogens (tertiary/aromatic N) is 4. The van der Waals surface area contributed by atoms with Gasteiger partial charge < -0.3 is 10.6 Å². The molecule has 7 heteroatoms. The molecule has 0 spiro atoms. The molecule has 136 valence electrons. The van der Waals surface area contributed by atoms with Crippen LogP contribution < -0.4 is 16.0 Å². The molecule has 0 bridgehead atoms. The molecule has 0 aliphatic carbocycles. The Hall–Kier alpha value is -2.57. The maximum absolute atomic E-state index is 12.2. The minimum Gasteiger partial charge on any atom is -0.351 e. The Kier molecular flexibility index (Phi) is 6.38. The monoisotopic (exact) mass is 344 g/mol. The Morgan fingerprint density at radius 3 is 2.72 bits per heavy atom. The maximum Gasteiger partial charge on any atom is 0.326 e. The third-order valence-electron chi connectivity index (χ3n) is 4.24. The van der Waals surface area contributed by atoms with Crippen molar-refractivity contribution in [3.8, 4) is 0 Å². The van der Waals surface area contributed by atoms with Crippen LogP contribution in [-0.4, -0.2) is 50.0 Å². The third kappa shape index (κ3) is 4.71. The zero-order valence-corrected chi connectivity index (χ0v) is 15.5. The first kappa shape index (κ1) is 18.8. The lowest BCUT2D eigenvalue weighted by Crippen LogP contribution is -2.53. The summed E-state index contributed by atoms with van der Waals surface area (Å²) in [6.07, 6.45) is 3.35. The molecule has 0 fully saturated rings. The summed E-state index contributed by atoms with van der Waals surface area (Å²) in [5, 5.41) is 3.20. The molecule has 2 rings (SSSR count). The van der Waals surface area contributed by atoms with Gasteiger partial charge in [0.2, 0.25) is 11.9 Å². The van der Waals surface area contributed by atoms with Crippen molar-refractivity contribution in [2.45, 2.75) is 33.1 Å². The second kappa shape index (κ2) is 8.50. The SMILES string of the molecule is CN=C(NC1=NCCCCCN1C)N(C(N)=O)c1ccc(C)cc1C. The molecular formula is C18H28N6O. The Balaban J connectivity index is 2.33. The number of hydrogen-bond donors (Lipinski definition) is 2. The second-order valence-electron chi connectivity index (χ2n) is 6.32. The predicted octanol–water partition coefficient (Wildman–Crippen LogP) is 2.24. The quantitative estimate of drug-likeness (QED) is 0.605. The number of primary amides is 1. The molecule has 1 aliphatic rings. The van der Waals surface area contributed by atoms with E-state index in [-0.39, 0.29) is 0 Å².